The Labute approximate surface area is 130 Å². The number of carbonyl (C=O) groups excluding carboxylic acids is 2. The Balaban J connectivity index is 1.69. The fraction of sp³-hybridized carbons (Fsp3) is 0.500. The molecule has 0 unspecified atom stereocenters. The van der Waals surface area contributed by atoms with Crippen LogP contribution in [0, 0.1) is 0 Å². The minimum Gasteiger partial charge on any atom is -0.266 e. The van der Waals surface area contributed by atoms with Crippen LogP contribution in [0.4, 0.5) is 0 Å². The van der Waals surface area contributed by atoms with Gasteiger partial charge in [-0.1, -0.05) is 37.8 Å². The summed E-state index contributed by atoms with van der Waals surface area (Å²) < 4.78 is 0. The molecule has 2 rings (SSSR count). The molecule has 5 heteroatoms. The second kappa shape index (κ2) is 8.15. The molecule has 0 atom stereocenters. The number of hydrogen-bond donors (Lipinski definition) is 0. The summed E-state index contributed by atoms with van der Waals surface area (Å²) in [4.78, 5) is 29.4. The molecule has 1 aromatic carbocycles. The summed E-state index contributed by atoms with van der Waals surface area (Å²) in [5, 5.41) is 0.887. The molecular formula is C16H20ClNO3. The van der Waals surface area contributed by atoms with Gasteiger partial charge in [0, 0.05) is 5.88 Å². The van der Waals surface area contributed by atoms with E-state index in [1.54, 1.807) is 24.3 Å². The second-order valence-corrected chi connectivity index (χ2v) is 5.47. The van der Waals surface area contributed by atoms with Crippen LogP contribution in [0.25, 0.3) is 0 Å². The molecule has 1 aliphatic heterocycles. The van der Waals surface area contributed by atoms with Gasteiger partial charge in [-0.25, -0.2) is 0 Å². The van der Waals surface area contributed by atoms with Crippen molar-refractivity contribution in [1.82, 2.24) is 5.06 Å². The average molecular weight is 310 g/mol. The van der Waals surface area contributed by atoms with E-state index in [4.69, 9.17) is 16.4 Å². The first-order chi connectivity index (χ1) is 10.3. The lowest BCUT2D eigenvalue weighted by Gasteiger charge is -2.13. The number of rotatable bonds is 9. The van der Waals surface area contributed by atoms with Gasteiger partial charge in [0.25, 0.3) is 11.8 Å². The molecule has 0 spiro atoms. The quantitative estimate of drug-likeness (QED) is 0.396. The topological polar surface area (TPSA) is 46.6 Å². The maximum Gasteiger partial charge on any atom is 0.285 e. The van der Waals surface area contributed by atoms with Crippen molar-refractivity contribution < 1.29 is 14.4 Å². The Morgan fingerprint density at radius 2 is 1.38 bits per heavy atom. The number of benzene rings is 1. The minimum absolute atomic E-state index is 0.363. The molecule has 1 aromatic rings. The van der Waals surface area contributed by atoms with Gasteiger partial charge >= 0.3 is 0 Å². The Kier molecular flexibility index (Phi) is 6.21. The normalized spacial score (nSPS) is 13.9. The van der Waals surface area contributed by atoms with Crippen molar-refractivity contribution in [2.24, 2.45) is 0 Å². The maximum atomic E-state index is 12.0. The molecule has 0 aromatic heterocycles. The summed E-state index contributed by atoms with van der Waals surface area (Å²) in [7, 11) is 0. The van der Waals surface area contributed by atoms with Crippen LogP contribution in [0.5, 0.6) is 0 Å². The second-order valence-electron chi connectivity index (χ2n) is 5.09. The van der Waals surface area contributed by atoms with E-state index in [2.05, 4.69) is 0 Å². The van der Waals surface area contributed by atoms with Gasteiger partial charge in [0.15, 0.2) is 0 Å². The van der Waals surface area contributed by atoms with E-state index in [0.717, 1.165) is 43.0 Å². The number of amides is 2. The van der Waals surface area contributed by atoms with Crippen LogP contribution in [-0.4, -0.2) is 29.4 Å². The predicted molar refractivity (Wildman–Crippen MR) is 81.3 cm³/mol. The van der Waals surface area contributed by atoms with E-state index in [0.29, 0.717) is 17.7 Å². The number of halogens is 1. The van der Waals surface area contributed by atoms with Gasteiger partial charge in [0.05, 0.1) is 17.7 Å². The number of carbonyl (C=O) groups is 2. The van der Waals surface area contributed by atoms with Crippen molar-refractivity contribution in [2.45, 2.75) is 38.5 Å². The number of hydroxylamine groups is 2. The molecule has 2 amide bonds. The Bertz CT molecular complexity index is 469. The monoisotopic (exact) mass is 309 g/mol. The fourth-order valence-electron chi connectivity index (χ4n) is 2.34. The highest BCUT2D eigenvalue weighted by atomic mass is 35.5. The number of imide groups is 1. The molecule has 0 saturated carbocycles. The molecule has 0 fully saturated rings. The van der Waals surface area contributed by atoms with Gasteiger partial charge in [-0.3, -0.25) is 14.4 Å². The summed E-state index contributed by atoms with van der Waals surface area (Å²) in [6, 6.07) is 6.79. The van der Waals surface area contributed by atoms with Crippen LogP contribution in [0.3, 0.4) is 0 Å². The Morgan fingerprint density at radius 3 is 1.95 bits per heavy atom. The zero-order valence-corrected chi connectivity index (χ0v) is 12.8. The van der Waals surface area contributed by atoms with Crippen molar-refractivity contribution in [3.8, 4) is 0 Å². The SMILES string of the molecule is O=C1c2ccccc2C(=O)N1OCCCCCCCCCl. The average Bonchev–Trinajstić information content (AvgIpc) is 2.75. The molecule has 4 nitrogen and oxygen atoms in total. The van der Waals surface area contributed by atoms with E-state index in [-0.39, 0.29) is 11.8 Å². The molecule has 1 aliphatic rings. The molecule has 0 saturated heterocycles. The van der Waals surface area contributed by atoms with Crippen molar-refractivity contribution >= 4 is 23.4 Å². The number of hydrogen-bond acceptors (Lipinski definition) is 3. The van der Waals surface area contributed by atoms with Gasteiger partial charge in [-0.15, -0.1) is 16.7 Å². The summed E-state index contributed by atoms with van der Waals surface area (Å²) in [5.41, 5.74) is 0.840. The molecule has 114 valence electrons. The molecule has 0 N–H and O–H groups in total. The highest BCUT2D eigenvalue weighted by Crippen LogP contribution is 2.22. The smallest absolute Gasteiger partial charge is 0.266 e. The number of alkyl halides is 1. The van der Waals surface area contributed by atoms with Crippen molar-refractivity contribution in [3.05, 3.63) is 35.4 Å². The van der Waals surface area contributed by atoms with E-state index < -0.39 is 0 Å². The summed E-state index contributed by atoms with van der Waals surface area (Å²) in [6.07, 6.45) is 6.39. The third-order valence-corrected chi connectivity index (χ3v) is 3.77. The third-order valence-electron chi connectivity index (χ3n) is 3.51. The zero-order chi connectivity index (χ0) is 15.1. The number of fused-ring (bicyclic) bond motifs is 1. The minimum atomic E-state index is -0.363. The van der Waals surface area contributed by atoms with Gasteiger partial charge in [0.2, 0.25) is 0 Å². The summed E-state index contributed by atoms with van der Waals surface area (Å²) >= 11 is 5.61. The van der Waals surface area contributed by atoms with Crippen molar-refractivity contribution in [3.63, 3.8) is 0 Å². The first-order valence-electron chi connectivity index (χ1n) is 7.42. The van der Waals surface area contributed by atoms with Crippen LogP contribution in [0.15, 0.2) is 24.3 Å². The van der Waals surface area contributed by atoms with Crippen LogP contribution >= 0.6 is 11.6 Å². The number of unbranched alkanes of at least 4 members (excludes halogenated alkanes) is 5. The fourth-order valence-corrected chi connectivity index (χ4v) is 2.53. The van der Waals surface area contributed by atoms with E-state index >= 15 is 0 Å². The summed E-state index contributed by atoms with van der Waals surface area (Å²) in [5.74, 6) is -0.00141. The van der Waals surface area contributed by atoms with Gasteiger partial charge < -0.3 is 0 Å². The molecule has 0 aliphatic carbocycles. The van der Waals surface area contributed by atoms with Crippen LogP contribution in [0.2, 0.25) is 0 Å². The van der Waals surface area contributed by atoms with E-state index in [9.17, 15) is 9.59 Å². The lowest BCUT2D eigenvalue weighted by atomic mass is 10.1. The predicted octanol–water partition coefficient (Wildman–Crippen LogP) is 3.79. The Morgan fingerprint density at radius 1 is 0.857 bits per heavy atom. The Hall–Kier alpha value is -1.39. The number of nitrogens with zero attached hydrogens (tertiary/aromatic N) is 1. The van der Waals surface area contributed by atoms with Gasteiger partial charge in [-0.05, 0) is 25.0 Å². The highest BCUT2D eigenvalue weighted by Gasteiger charge is 2.36. The standard InChI is InChI=1S/C16H20ClNO3/c17-11-7-3-1-2-4-8-12-21-18-15(19)13-9-5-6-10-14(13)16(18)20/h5-6,9-10H,1-4,7-8,11-12H2. The van der Waals surface area contributed by atoms with E-state index in [1.165, 1.54) is 6.42 Å². The largest absolute Gasteiger partial charge is 0.285 e. The van der Waals surface area contributed by atoms with Gasteiger partial charge in [0.1, 0.15) is 0 Å². The molecule has 21 heavy (non-hydrogen) atoms. The molecule has 0 radical (unpaired) electrons. The highest BCUT2D eigenvalue weighted by molar-refractivity contribution is 6.20. The van der Waals surface area contributed by atoms with E-state index in [1.807, 2.05) is 0 Å². The third kappa shape index (κ3) is 4.05. The lowest BCUT2D eigenvalue weighted by Crippen LogP contribution is -2.30. The van der Waals surface area contributed by atoms with Crippen molar-refractivity contribution in [1.29, 1.82) is 0 Å². The molecule has 0 bridgehead atoms. The van der Waals surface area contributed by atoms with Gasteiger partial charge in [-0.2, -0.15) is 0 Å². The first kappa shape index (κ1) is 16.0. The van der Waals surface area contributed by atoms with Crippen LogP contribution < -0.4 is 0 Å². The summed E-state index contributed by atoms with van der Waals surface area (Å²) in [6.45, 7) is 0.390. The van der Waals surface area contributed by atoms with Crippen molar-refractivity contribution in [2.75, 3.05) is 12.5 Å². The maximum absolute atomic E-state index is 12.0. The molecular weight excluding hydrogens is 290 g/mol. The van der Waals surface area contributed by atoms with Crippen LogP contribution in [0.1, 0.15) is 59.2 Å². The molecule has 1 heterocycles. The lowest BCUT2D eigenvalue weighted by molar-refractivity contribution is -0.0922. The van der Waals surface area contributed by atoms with Crippen LogP contribution in [-0.2, 0) is 4.84 Å². The first-order valence-corrected chi connectivity index (χ1v) is 7.96. The zero-order valence-electron chi connectivity index (χ0n) is 12.0.